The molecule has 0 saturated heterocycles. The Bertz CT molecular complexity index is 256. The zero-order valence-electron chi connectivity index (χ0n) is 9.96. The summed E-state index contributed by atoms with van der Waals surface area (Å²) < 4.78 is 0. The Balaban J connectivity index is 4.39. The van der Waals surface area contributed by atoms with Gasteiger partial charge in [0, 0.05) is 5.57 Å². The van der Waals surface area contributed by atoms with E-state index < -0.39 is 0 Å². The third-order valence-corrected chi connectivity index (χ3v) is 1.70. The first-order valence-corrected chi connectivity index (χ1v) is 5.14. The van der Waals surface area contributed by atoms with Gasteiger partial charge in [-0.2, -0.15) is 5.26 Å². The molecule has 78 valence electrons. The van der Waals surface area contributed by atoms with Crippen molar-refractivity contribution in [3.05, 3.63) is 23.8 Å². The maximum atomic E-state index is 8.87. The van der Waals surface area contributed by atoms with Crippen LogP contribution in [0.15, 0.2) is 23.8 Å². The smallest absolute Gasteiger partial charge is 0.0988 e. The van der Waals surface area contributed by atoms with Crippen LogP contribution in [0, 0.1) is 22.7 Å². The molecule has 0 saturated carbocycles. The van der Waals surface area contributed by atoms with Gasteiger partial charge >= 0.3 is 0 Å². The highest BCUT2D eigenvalue weighted by molar-refractivity contribution is 5.33. The van der Waals surface area contributed by atoms with Gasteiger partial charge in [-0.3, -0.25) is 0 Å². The van der Waals surface area contributed by atoms with Gasteiger partial charge in [0.15, 0.2) is 0 Å². The topological polar surface area (TPSA) is 23.8 Å². The second kappa shape index (κ2) is 5.65. The van der Waals surface area contributed by atoms with E-state index in [0.29, 0.717) is 5.92 Å². The molecule has 0 aliphatic rings. The highest BCUT2D eigenvalue weighted by Crippen LogP contribution is 2.16. The monoisotopic (exact) mass is 191 g/mol. The Morgan fingerprint density at radius 2 is 1.93 bits per heavy atom. The highest BCUT2D eigenvalue weighted by atomic mass is 14.2. The lowest BCUT2D eigenvalue weighted by molar-refractivity contribution is 0.544. The summed E-state index contributed by atoms with van der Waals surface area (Å²) in [5.41, 5.74) is 0.918. The molecular weight excluding hydrogens is 170 g/mol. The van der Waals surface area contributed by atoms with Gasteiger partial charge in [-0.1, -0.05) is 46.8 Å². The minimum absolute atomic E-state index is 0.147. The average Bonchev–Trinajstić information content (AvgIpc) is 2.02. The normalized spacial score (nSPS) is 13.6. The highest BCUT2D eigenvalue weighted by Gasteiger charge is 2.03. The molecule has 0 rings (SSSR count). The largest absolute Gasteiger partial charge is 0.192 e. The van der Waals surface area contributed by atoms with Crippen molar-refractivity contribution >= 4 is 0 Å². The number of nitriles is 1. The number of hydrogen-bond acceptors (Lipinski definition) is 1. The van der Waals surface area contributed by atoms with Crippen LogP contribution < -0.4 is 0 Å². The van der Waals surface area contributed by atoms with E-state index in [9.17, 15) is 0 Å². The first-order chi connectivity index (χ1) is 6.35. The molecule has 0 amide bonds. The zero-order chi connectivity index (χ0) is 11.2. The molecular formula is C13H21N. The zero-order valence-corrected chi connectivity index (χ0v) is 9.96. The van der Waals surface area contributed by atoms with Crippen LogP contribution in [0.4, 0.5) is 0 Å². The van der Waals surface area contributed by atoms with Crippen molar-refractivity contribution < 1.29 is 0 Å². The van der Waals surface area contributed by atoms with Gasteiger partial charge in [0.1, 0.15) is 0 Å². The van der Waals surface area contributed by atoms with E-state index in [4.69, 9.17) is 5.26 Å². The van der Waals surface area contributed by atoms with Crippen LogP contribution in [-0.4, -0.2) is 0 Å². The van der Waals surface area contributed by atoms with E-state index in [2.05, 4.69) is 46.8 Å². The predicted octanol–water partition coefficient (Wildman–Crippen LogP) is 4.08. The second-order valence-corrected chi connectivity index (χ2v) is 5.10. The quantitative estimate of drug-likeness (QED) is 0.487. The van der Waals surface area contributed by atoms with Crippen molar-refractivity contribution in [1.29, 1.82) is 5.26 Å². The molecule has 0 aromatic heterocycles. The van der Waals surface area contributed by atoms with Crippen LogP contribution in [0.25, 0.3) is 0 Å². The van der Waals surface area contributed by atoms with Crippen molar-refractivity contribution in [2.75, 3.05) is 0 Å². The van der Waals surface area contributed by atoms with Crippen LogP contribution in [0.5, 0.6) is 0 Å². The van der Waals surface area contributed by atoms with E-state index in [1.165, 1.54) is 0 Å². The molecule has 0 unspecified atom stereocenters. The van der Waals surface area contributed by atoms with Gasteiger partial charge in [0.2, 0.25) is 0 Å². The summed E-state index contributed by atoms with van der Waals surface area (Å²) in [4.78, 5) is 0. The molecule has 0 aromatic carbocycles. The molecule has 1 heteroatoms. The molecule has 0 atom stereocenters. The van der Waals surface area contributed by atoms with E-state index in [-0.39, 0.29) is 5.41 Å². The van der Waals surface area contributed by atoms with Gasteiger partial charge in [0.25, 0.3) is 0 Å². The summed E-state index contributed by atoms with van der Waals surface area (Å²) in [5, 5.41) is 8.87. The summed E-state index contributed by atoms with van der Waals surface area (Å²) in [6.07, 6.45) is 6.97. The fourth-order valence-electron chi connectivity index (χ4n) is 0.853. The van der Waals surface area contributed by atoms with E-state index in [1.54, 1.807) is 0 Å². The first kappa shape index (κ1) is 13.0. The van der Waals surface area contributed by atoms with Crippen molar-refractivity contribution in [3.8, 4) is 6.07 Å². The van der Waals surface area contributed by atoms with E-state index in [1.807, 2.05) is 12.2 Å². The Morgan fingerprint density at radius 3 is 2.29 bits per heavy atom. The number of hydrogen-bond donors (Lipinski definition) is 0. The predicted molar refractivity (Wildman–Crippen MR) is 61.7 cm³/mol. The Labute approximate surface area is 88.1 Å². The summed E-state index contributed by atoms with van der Waals surface area (Å²) in [7, 11) is 0. The molecule has 0 aliphatic heterocycles. The van der Waals surface area contributed by atoms with Crippen molar-refractivity contribution in [1.82, 2.24) is 0 Å². The van der Waals surface area contributed by atoms with Crippen molar-refractivity contribution in [3.63, 3.8) is 0 Å². The third-order valence-electron chi connectivity index (χ3n) is 1.70. The van der Waals surface area contributed by atoms with Gasteiger partial charge in [-0.05, 0) is 23.8 Å². The molecule has 0 spiro atoms. The molecule has 0 aliphatic carbocycles. The summed E-state index contributed by atoms with van der Waals surface area (Å²) in [6, 6.07) is 2.20. The average molecular weight is 191 g/mol. The standard InChI is InChI=1S/C13H21N/c1-11(2)6-7-12(10-14)8-9-13(3,4)5/h7-9,11H,6H2,1-5H3/b9-8-,12-7+. The van der Waals surface area contributed by atoms with E-state index in [0.717, 1.165) is 12.0 Å². The molecule has 0 fully saturated rings. The second-order valence-electron chi connectivity index (χ2n) is 5.10. The molecule has 0 heterocycles. The first-order valence-electron chi connectivity index (χ1n) is 5.14. The lowest BCUT2D eigenvalue weighted by atomic mass is 9.95. The van der Waals surface area contributed by atoms with E-state index >= 15 is 0 Å². The Kier molecular flexibility index (Phi) is 5.23. The molecule has 1 nitrogen and oxygen atoms in total. The minimum Gasteiger partial charge on any atom is -0.192 e. The Morgan fingerprint density at radius 1 is 1.36 bits per heavy atom. The fourth-order valence-corrected chi connectivity index (χ4v) is 0.853. The van der Waals surface area contributed by atoms with Crippen LogP contribution in [0.3, 0.4) is 0 Å². The fraction of sp³-hybridized carbons (Fsp3) is 0.615. The number of nitrogens with zero attached hydrogens (tertiary/aromatic N) is 1. The molecule has 0 N–H and O–H groups in total. The van der Waals surface area contributed by atoms with Gasteiger partial charge in [0.05, 0.1) is 6.07 Å². The summed E-state index contributed by atoms with van der Waals surface area (Å²) in [5.74, 6) is 0.612. The number of rotatable bonds is 3. The summed E-state index contributed by atoms with van der Waals surface area (Å²) >= 11 is 0. The minimum atomic E-state index is 0.147. The van der Waals surface area contributed by atoms with Crippen LogP contribution in [0.1, 0.15) is 41.0 Å². The van der Waals surface area contributed by atoms with Crippen molar-refractivity contribution in [2.45, 2.75) is 41.0 Å². The molecule has 0 bridgehead atoms. The maximum absolute atomic E-state index is 8.87. The van der Waals surface area contributed by atoms with Gasteiger partial charge in [-0.15, -0.1) is 0 Å². The Hall–Kier alpha value is -1.03. The van der Waals surface area contributed by atoms with Gasteiger partial charge in [-0.25, -0.2) is 0 Å². The lowest BCUT2D eigenvalue weighted by Gasteiger charge is -2.10. The van der Waals surface area contributed by atoms with Crippen LogP contribution in [-0.2, 0) is 0 Å². The molecule has 14 heavy (non-hydrogen) atoms. The number of allylic oxidation sites excluding steroid dienone is 4. The SMILES string of the molecule is CC(C)C/C=C(C#N)\C=C/C(C)(C)C. The van der Waals surface area contributed by atoms with Gasteiger partial charge < -0.3 is 0 Å². The lowest BCUT2D eigenvalue weighted by Crippen LogP contribution is -1.98. The third kappa shape index (κ3) is 7.61. The van der Waals surface area contributed by atoms with Crippen LogP contribution in [0.2, 0.25) is 0 Å². The van der Waals surface area contributed by atoms with Crippen molar-refractivity contribution in [2.24, 2.45) is 11.3 Å². The molecule has 0 aromatic rings. The van der Waals surface area contributed by atoms with Crippen LogP contribution >= 0.6 is 0 Å². The maximum Gasteiger partial charge on any atom is 0.0988 e. The molecule has 0 radical (unpaired) electrons. The summed E-state index contributed by atoms with van der Waals surface area (Å²) in [6.45, 7) is 10.7.